The summed E-state index contributed by atoms with van der Waals surface area (Å²) >= 11 is 0. The standard InChI is InChI=1S/C64H42N4/c1-5-17-43(18-6-1)50-37-51(44-19-7-2-8-20-44)39-53(38-50)68-61-28-16-14-26-55(61)57-41-49(32-36-63(57)68)48-31-35-62-56(40-48)54-25-13-15-27-60(54)67(62)52-33-29-47(30-34-52)64-65-58(45-21-9-3-10-22-45)42-59(66-64)46-23-11-4-12-24-46/h1-42H. The molecule has 4 nitrogen and oxygen atoms in total. The number of aromatic nitrogens is 4. The summed E-state index contributed by atoms with van der Waals surface area (Å²) in [5.41, 5.74) is 18.9. The van der Waals surface area contributed by atoms with Gasteiger partial charge in [0.2, 0.25) is 0 Å². The maximum absolute atomic E-state index is 5.09. The highest BCUT2D eigenvalue weighted by molar-refractivity contribution is 6.13. The summed E-state index contributed by atoms with van der Waals surface area (Å²) in [7, 11) is 0. The van der Waals surface area contributed by atoms with Crippen molar-refractivity contribution in [3.05, 3.63) is 255 Å². The molecule has 0 amide bonds. The molecule has 318 valence electrons. The summed E-state index contributed by atoms with van der Waals surface area (Å²) < 4.78 is 4.81. The predicted molar refractivity (Wildman–Crippen MR) is 283 cm³/mol. The first kappa shape index (κ1) is 39.3. The maximum Gasteiger partial charge on any atom is 0.160 e. The molecule has 0 aliphatic carbocycles. The fourth-order valence-electron chi connectivity index (χ4n) is 10.0. The quantitative estimate of drug-likeness (QED) is 0.153. The van der Waals surface area contributed by atoms with E-state index in [1.807, 2.05) is 12.1 Å². The Labute approximate surface area is 394 Å². The van der Waals surface area contributed by atoms with Crippen molar-refractivity contribution in [2.45, 2.75) is 0 Å². The molecule has 13 rings (SSSR count). The fourth-order valence-corrected chi connectivity index (χ4v) is 10.0. The van der Waals surface area contributed by atoms with Crippen LogP contribution in [0.5, 0.6) is 0 Å². The van der Waals surface area contributed by atoms with Gasteiger partial charge in [-0.25, -0.2) is 9.97 Å². The van der Waals surface area contributed by atoms with Gasteiger partial charge >= 0.3 is 0 Å². The Morgan fingerprint density at radius 3 is 1.07 bits per heavy atom. The number of rotatable bonds is 8. The highest BCUT2D eigenvalue weighted by Crippen LogP contribution is 2.40. The number of hydrogen-bond donors (Lipinski definition) is 0. The highest BCUT2D eigenvalue weighted by Gasteiger charge is 2.18. The first-order valence-corrected chi connectivity index (χ1v) is 23.1. The Morgan fingerprint density at radius 1 is 0.221 bits per heavy atom. The van der Waals surface area contributed by atoms with Crippen LogP contribution in [0.4, 0.5) is 0 Å². The zero-order valence-electron chi connectivity index (χ0n) is 37.0. The van der Waals surface area contributed by atoms with Gasteiger partial charge in [-0.3, -0.25) is 0 Å². The average molecular weight is 867 g/mol. The lowest BCUT2D eigenvalue weighted by molar-refractivity contribution is 1.16. The molecule has 0 atom stereocenters. The van der Waals surface area contributed by atoms with Crippen LogP contribution in [-0.2, 0) is 0 Å². The van der Waals surface area contributed by atoms with Gasteiger partial charge in [-0.1, -0.05) is 170 Å². The minimum Gasteiger partial charge on any atom is -0.309 e. The van der Waals surface area contributed by atoms with Crippen LogP contribution in [0.15, 0.2) is 255 Å². The summed E-state index contributed by atoms with van der Waals surface area (Å²) in [5, 5.41) is 4.87. The van der Waals surface area contributed by atoms with Crippen molar-refractivity contribution >= 4 is 43.6 Å². The van der Waals surface area contributed by atoms with Crippen molar-refractivity contribution in [2.24, 2.45) is 0 Å². The molecule has 0 saturated carbocycles. The number of hydrogen-bond acceptors (Lipinski definition) is 2. The van der Waals surface area contributed by atoms with E-state index < -0.39 is 0 Å². The third-order valence-electron chi connectivity index (χ3n) is 13.3. The molecule has 0 unspecified atom stereocenters. The summed E-state index contributed by atoms with van der Waals surface area (Å²) in [4.78, 5) is 10.2. The van der Waals surface area contributed by atoms with E-state index in [2.05, 4.69) is 252 Å². The molecule has 13 aromatic rings. The summed E-state index contributed by atoms with van der Waals surface area (Å²) in [5.74, 6) is 0.696. The van der Waals surface area contributed by atoms with Crippen LogP contribution in [0.2, 0.25) is 0 Å². The minimum absolute atomic E-state index is 0.696. The van der Waals surface area contributed by atoms with Gasteiger partial charge in [0.05, 0.1) is 33.5 Å². The van der Waals surface area contributed by atoms with Crippen LogP contribution in [0.25, 0.3) is 122 Å². The Balaban J connectivity index is 0.903. The highest BCUT2D eigenvalue weighted by atomic mass is 15.0. The van der Waals surface area contributed by atoms with Gasteiger partial charge in [-0.2, -0.15) is 0 Å². The lowest BCUT2D eigenvalue weighted by atomic mass is 9.98. The molecule has 4 heteroatoms. The Morgan fingerprint density at radius 2 is 0.603 bits per heavy atom. The number of para-hydroxylation sites is 2. The van der Waals surface area contributed by atoms with E-state index in [9.17, 15) is 0 Å². The first-order chi connectivity index (χ1) is 33.7. The first-order valence-electron chi connectivity index (χ1n) is 23.1. The van der Waals surface area contributed by atoms with Gasteiger partial charge in [0, 0.05) is 49.6 Å². The number of benzene rings is 10. The zero-order chi connectivity index (χ0) is 45.0. The molecular weight excluding hydrogens is 825 g/mol. The third-order valence-corrected chi connectivity index (χ3v) is 13.3. The van der Waals surface area contributed by atoms with E-state index in [-0.39, 0.29) is 0 Å². The molecule has 0 saturated heterocycles. The van der Waals surface area contributed by atoms with E-state index in [0.717, 1.165) is 50.5 Å². The van der Waals surface area contributed by atoms with Gasteiger partial charge in [-0.05, 0) is 118 Å². The van der Waals surface area contributed by atoms with E-state index in [0.29, 0.717) is 5.82 Å². The van der Waals surface area contributed by atoms with Gasteiger partial charge in [0.15, 0.2) is 5.82 Å². The minimum atomic E-state index is 0.696. The molecule has 10 aromatic carbocycles. The lowest BCUT2D eigenvalue weighted by Gasteiger charge is -2.14. The van der Waals surface area contributed by atoms with E-state index in [1.54, 1.807) is 0 Å². The molecule has 68 heavy (non-hydrogen) atoms. The average Bonchev–Trinajstić information content (AvgIpc) is 3.94. The van der Waals surface area contributed by atoms with Crippen molar-refractivity contribution in [1.82, 2.24) is 19.1 Å². The Kier molecular flexibility index (Phi) is 9.47. The molecule has 0 bridgehead atoms. The molecule has 0 fully saturated rings. The van der Waals surface area contributed by atoms with Crippen molar-refractivity contribution in [2.75, 3.05) is 0 Å². The molecule has 0 aliphatic heterocycles. The number of nitrogens with zero attached hydrogens (tertiary/aromatic N) is 4. The van der Waals surface area contributed by atoms with Crippen LogP contribution in [0, 0.1) is 0 Å². The SMILES string of the molecule is c1ccc(-c2cc(-c3ccccc3)cc(-n3c4ccccc4c4cc(-c5ccc6c(c5)c5ccccc5n6-c5ccc(-c6nc(-c7ccccc7)cc(-c7ccccc7)n6)cc5)ccc43)c2)cc1. The third kappa shape index (κ3) is 6.86. The Bertz CT molecular complexity index is 3870. The van der Waals surface area contributed by atoms with Crippen LogP contribution in [0.3, 0.4) is 0 Å². The lowest BCUT2D eigenvalue weighted by Crippen LogP contribution is -1.97. The summed E-state index contributed by atoms with van der Waals surface area (Å²) in [6.07, 6.45) is 0. The van der Waals surface area contributed by atoms with Gasteiger partial charge in [0.25, 0.3) is 0 Å². The predicted octanol–water partition coefficient (Wildman–Crippen LogP) is 16.7. The maximum atomic E-state index is 5.09. The zero-order valence-corrected chi connectivity index (χ0v) is 37.0. The van der Waals surface area contributed by atoms with Crippen molar-refractivity contribution < 1.29 is 0 Å². The smallest absolute Gasteiger partial charge is 0.160 e. The molecule has 0 aliphatic rings. The summed E-state index contributed by atoms with van der Waals surface area (Å²) in [6.45, 7) is 0. The molecule has 3 aromatic heterocycles. The van der Waals surface area contributed by atoms with Crippen LogP contribution in [0.1, 0.15) is 0 Å². The van der Waals surface area contributed by atoms with Gasteiger partial charge in [-0.15, -0.1) is 0 Å². The van der Waals surface area contributed by atoms with E-state index in [4.69, 9.17) is 9.97 Å². The van der Waals surface area contributed by atoms with E-state index >= 15 is 0 Å². The van der Waals surface area contributed by atoms with E-state index in [1.165, 1.54) is 66.0 Å². The fraction of sp³-hybridized carbons (Fsp3) is 0. The second-order valence-electron chi connectivity index (χ2n) is 17.4. The topological polar surface area (TPSA) is 35.6 Å². The van der Waals surface area contributed by atoms with Gasteiger partial charge in [0.1, 0.15) is 0 Å². The van der Waals surface area contributed by atoms with Crippen molar-refractivity contribution in [3.63, 3.8) is 0 Å². The molecular formula is C64H42N4. The molecule has 3 heterocycles. The Hall–Kier alpha value is -9.12. The van der Waals surface area contributed by atoms with Crippen LogP contribution < -0.4 is 0 Å². The van der Waals surface area contributed by atoms with Crippen molar-refractivity contribution in [3.8, 4) is 78.7 Å². The summed E-state index contributed by atoms with van der Waals surface area (Å²) in [6, 6.07) is 91.2. The monoisotopic (exact) mass is 866 g/mol. The normalized spacial score (nSPS) is 11.5. The number of fused-ring (bicyclic) bond motifs is 6. The second-order valence-corrected chi connectivity index (χ2v) is 17.4. The molecule has 0 radical (unpaired) electrons. The molecule has 0 spiro atoms. The van der Waals surface area contributed by atoms with Crippen molar-refractivity contribution in [1.29, 1.82) is 0 Å². The van der Waals surface area contributed by atoms with Crippen LogP contribution >= 0.6 is 0 Å². The second kappa shape index (κ2) is 16.4. The molecule has 0 N–H and O–H groups in total. The van der Waals surface area contributed by atoms with Crippen LogP contribution in [-0.4, -0.2) is 19.1 Å². The van der Waals surface area contributed by atoms with Gasteiger partial charge < -0.3 is 9.13 Å². The largest absolute Gasteiger partial charge is 0.309 e.